The minimum Gasteiger partial charge on any atom is -0.469 e. The Morgan fingerprint density at radius 3 is 2.50 bits per heavy atom. The highest BCUT2D eigenvalue weighted by Crippen LogP contribution is 2.30. The predicted molar refractivity (Wildman–Crippen MR) is 86.7 cm³/mol. The Morgan fingerprint density at radius 1 is 1.29 bits per heavy atom. The molecule has 0 bridgehead atoms. The van der Waals surface area contributed by atoms with Crippen LogP contribution in [-0.4, -0.2) is 61.5 Å². The zero-order valence-corrected chi connectivity index (χ0v) is 13.4. The molecule has 0 aliphatic carbocycles. The van der Waals surface area contributed by atoms with E-state index in [2.05, 4.69) is 4.74 Å². The van der Waals surface area contributed by atoms with Crippen LogP contribution >= 0.6 is 0 Å². The average molecular weight is 336 g/mol. The van der Waals surface area contributed by atoms with Gasteiger partial charge in [0, 0.05) is 32.2 Å². The topological polar surface area (TPSA) is 119 Å². The molecule has 1 amide bonds. The molecule has 0 aromatic heterocycles. The highest BCUT2D eigenvalue weighted by molar-refractivity contribution is 5.76. The molecule has 2 rings (SSSR count). The number of benzene rings is 1. The molecule has 1 aliphatic rings. The number of carbonyl (C=O) groups excluding carboxylic acids is 2. The molecule has 130 valence electrons. The van der Waals surface area contributed by atoms with Gasteiger partial charge in [-0.1, -0.05) is 6.07 Å². The molecule has 9 heteroatoms. The van der Waals surface area contributed by atoms with Crippen molar-refractivity contribution in [3.63, 3.8) is 0 Å². The molecule has 0 radical (unpaired) electrons. The van der Waals surface area contributed by atoms with Gasteiger partial charge in [-0.2, -0.15) is 0 Å². The van der Waals surface area contributed by atoms with E-state index in [0.29, 0.717) is 37.4 Å². The minimum absolute atomic E-state index is 0.00744. The number of hydrogen-bond donors (Lipinski definition) is 1. The van der Waals surface area contributed by atoms with Gasteiger partial charge in [0.1, 0.15) is 5.69 Å². The summed E-state index contributed by atoms with van der Waals surface area (Å²) in [7, 11) is 1.30. The Kier molecular flexibility index (Phi) is 5.69. The minimum atomic E-state index is -0.437. The van der Waals surface area contributed by atoms with Crippen LogP contribution in [0.1, 0.15) is 5.56 Å². The smallest absolute Gasteiger partial charge is 0.309 e. The largest absolute Gasteiger partial charge is 0.469 e. The Labute approximate surface area is 139 Å². The Hall–Kier alpha value is -2.68. The molecule has 0 atom stereocenters. The maximum atomic E-state index is 11.4. The fraction of sp³-hybridized carbons (Fsp3) is 0.467. The number of amides is 1. The first-order valence-corrected chi connectivity index (χ1v) is 7.50. The fourth-order valence-electron chi connectivity index (χ4n) is 2.69. The number of nitrogens with zero attached hydrogens (tertiary/aromatic N) is 3. The van der Waals surface area contributed by atoms with Gasteiger partial charge in [0.15, 0.2) is 0 Å². The van der Waals surface area contributed by atoms with E-state index in [1.54, 1.807) is 12.1 Å². The number of hydrogen-bond acceptors (Lipinski definition) is 7. The van der Waals surface area contributed by atoms with E-state index >= 15 is 0 Å². The zero-order chi connectivity index (χ0) is 17.7. The highest BCUT2D eigenvalue weighted by atomic mass is 16.6. The van der Waals surface area contributed by atoms with Crippen molar-refractivity contribution in [1.29, 1.82) is 0 Å². The first kappa shape index (κ1) is 17.7. The second kappa shape index (κ2) is 7.73. The van der Waals surface area contributed by atoms with Crippen molar-refractivity contribution in [3.05, 3.63) is 33.9 Å². The van der Waals surface area contributed by atoms with Crippen LogP contribution in [-0.2, 0) is 20.7 Å². The number of nitro benzene ring substituents is 1. The lowest BCUT2D eigenvalue weighted by Gasteiger charge is -2.35. The van der Waals surface area contributed by atoms with Crippen LogP contribution in [0.5, 0.6) is 0 Å². The van der Waals surface area contributed by atoms with Crippen LogP contribution in [0.25, 0.3) is 0 Å². The number of ether oxygens (including phenoxy) is 1. The molecule has 1 aromatic rings. The summed E-state index contributed by atoms with van der Waals surface area (Å²) in [5.74, 6) is -0.796. The zero-order valence-electron chi connectivity index (χ0n) is 13.4. The third-order valence-electron chi connectivity index (χ3n) is 3.91. The summed E-state index contributed by atoms with van der Waals surface area (Å²) in [5, 5.41) is 11.3. The van der Waals surface area contributed by atoms with Crippen molar-refractivity contribution in [2.24, 2.45) is 5.73 Å². The van der Waals surface area contributed by atoms with E-state index in [1.807, 2.05) is 9.80 Å². The Balaban J connectivity index is 2.18. The number of nitrogens with two attached hydrogens (primary N) is 1. The quantitative estimate of drug-likeness (QED) is 0.438. The van der Waals surface area contributed by atoms with Crippen molar-refractivity contribution in [1.82, 2.24) is 4.90 Å². The van der Waals surface area contributed by atoms with E-state index in [1.165, 1.54) is 13.2 Å². The molecule has 24 heavy (non-hydrogen) atoms. The summed E-state index contributed by atoms with van der Waals surface area (Å²) in [6, 6.07) is 4.62. The highest BCUT2D eigenvalue weighted by Gasteiger charge is 2.24. The van der Waals surface area contributed by atoms with E-state index in [4.69, 9.17) is 5.73 Å². The van der Waals surface area contributed by atoms with Gasteiger partial charge in [0.2, 0.25) is 5.91 Å². The standard InChI is InChI=1S/C15H20N4O5/c1-24-15(21)9-11-2-3-12(19(22)23)13(8-11)18-6-4-17(5-7-18)10-14(16)20/h2-3,8H,4-7,9-10H2,1H3,(H2,16,20). The number of nitro groups is 1. The van der Waals surface area contributed by atoms with Gasteiger partial charge in [-0.15, -0.1) is 0 Å². The van der Waals surface area contributed by atoms with Gasteiger partial charge in [0.05, 0.1) is 25.0 Å². The normalized spacial score (nSPS) is 15.1. The van der Waals surface area contributed by atoms with Gasteiger partial charge in [0.25, 0.3) is 5.69 Å². The lowest BCUT2D eigenvalue weighted by Crippen LogP contribution is -2.49. The number of methoxy groups -OCH3 is 1. The second-order valence-corrected chi connectivity index (χ2v) is 5.56. The van der Waals surface area contributed by atoms with E-state index in [9.17, 15) is 19.7 Å². The molecule has 1 saturated heterocycles. The molecule has 0 unspecified atom stereocenters. The number of carbonyl (C=O) groups is 2. The molecule has 1 fully saturated rings. The summed E-state index contributed by atoms with van der Waals surface area (Å²) in [6.07, 6.45) is 0.0587. The van der Waals surface area contributed by atoms with Crippen LogP contribution in [0.15, 0.2) is 18.2 Å². The van der Waals surface area contributed by atoms with E-state index in [-0.39, 0.29) is 18.7 Å². The molecular formula is C15H20N4O5. The lowest BCUT2D eigenvalue weighted by molar-refractivity contribution is -0.384. The summed E-state index contributed by atoms with van der Waals surface area (Å²) in [6.45, 7) is 2.42. The molecule has 9 nitrogen and oxygen atoms in total. The third-order valence-corrected chi connectivity index (χ3v) is 3.91. The molecule has 1 aliphatic heterocycles. The Bertz CT molecular complexity index is 641. The fourth-order valence-corrected chi connectivity index (χ4v) is 2.69. The Morgan fingerprint density at radius 2 is 1.96 bits per heavy atom. The summed E-state index contributed by atoms with van der Waals surface area (Å²) >= 11 is 0. The number of anilines is 1. The van der Waals surface area contributed by atoms with Crippen molar-refractivity contribution in [3.8, 4) is 0 Å². The number of piperazine rings is 1. The number of esters is 1. The van der Waals surface area contributed by atoms with Crippen molar-refractivity contribution in [2.45, 2.75) is 6.42 Å². The maximum Gasteiger partial charge on any atom is 0.309 e. The van der Waals surface area contributed by atoms with Crippen molar-refractivity contribution >= 4 is 23.3 Å². The van der Waals surface area contributed by atoms with Crippen LogP contribution in [0.2, 0.25) is 0 Å². The van der Waals surface area contributed by atoms with Gasteiger partial charge in [-0.3, -0.25) is 24.6 Å². The predicted octanol–water partition coefficient (Wildman–Crippen LogP) is -0.0824. The third kappa shape index (κ3) is 4.42. The van der Waals surface area contributed by atoms with Crippen LogP contribution in [0, 0.1) is 10.1 Å². The van der Waals surface area contributed by atoms with Gasteiger partial charge < -0.3 is 15.4 Å². The number of primary amides is 1. The van der Waals surface area contributed by atoms with E-state index in [0.717, 1.165) is 0 Å². The molecular weight excluding hydrogens is 316 g/mol. The van der Waals surface area contributed by atoms with Gasteiger partial charge in [-0.05, 0) is 11.6 Å². The molecule has 0 saturated carbocycles. The lowest BCUT2D eigenvalue weighted by atomic mass is 10.1. The summed E-state index contributed by atoms with van der Waals surface area (Å²) in [4.78, 5) is 37.0. The summed E-state index contributed by atoms with van der Waals surface area (Å²) in [5.41, 5.74) is 6.30. The second-order valence-electron chi connectivity index (χ2n) is 5.56. The molecule has 1 aromatic carbocycles. The van der Waals surface area contributed by atoms with Crippen LogP contribution in [0.4, 0.5) is 11.4 Å². The van der Waals surface area contributed by atoms with Gasteiger partial charge in [-0.25, -0.2) is 0 Å². The number of rotatable bonds is 6. The van der Waals surface area contributed by atoms with Crippen LogP contribution in [0.3, 0.4) is 0 Å². The molecule has 0 spiro atoms. The van der Waals surface area contributed by atoms with Crippen molar-refractivity contribution < 1.29 is 19.2 Å². The summed E-state index contributed by atoms with van der Waals surface area (Å²) < 4.78 is 4.63. The van der Waals surface area contributed by atoms with Crippen molar-refractivity contribution in [2.75, 3.05) is 44.7 Å². The molecule has 1 heterocycles. The first-order valence-electron chi connectivity index (χ1n) is 7.50. The average Bonchev–Trinajstić information content (AvgIpc) is 2.54. The monoisotopic (exact) mass is 336 g/mol. The van der Waals surface area contributed by atoms with Gasteiger partial charge >= 0.3 is 5.97 Å². The maximum absolute atomic E-state index is 11.4. The molecule has 2 N–H and O–H groups in total. The van der Waals surface area contributed by atoms with E-state index < -0.39 is 16.8 Å². The first-order chi connectivity index (χ1) is 11.4. The SMILES string of the molecule is COC(=O)Cc1ccc([N+](=O)[O-])c(N2CCN(CC(N)=O)CC2)c1. The van der Waals surface area contributed by atoms with Crippen LogP contribution < -0.4 is 10.6 Å².